The second-order valence-corrected chi connectivity index (χ2v) is 5.15. The molecule has 1 aromatic rings. The Labute approximate surface area is 113 Å². The Kier molecular flexibility index (Phi) is 4.48. The van der Waals surface area contributed by atoms with E-state index < -0.39 is 4.92 Å². The molecule has 0 amide bonds. The first kappa shape index (κ1) is 13.2. The van der Waals surface area contributed by atoms with Gasteiger partial charge in [0, 0.05) is 12.2 Å². The maximum atomic E-state index is 11.0. The van der Waals surface area contributed by atoms with Gasteiger partial charge in [-0.1, -0.05) is 0 Å². The van der Waals surface area contributed by atoms with E-state index >= 15 is 0 Å². The van der Waals surface area contributed by atoms with Crippen LogP contribution in [0.2, 0.25) is 0 Å². The highest BCUT2D eigenvalue weighted by atomic mass is 79.9. The van der Waals surface area contributed by atoms with Crippen molar-refractivity contribution in [1.82, 2.24) is 10.3 Å². The van der Waals surface area contributed by atoms with Crippen LogP contribution in [-0.4, -0.2) is 29.0 Å². The summed E-state index contributed by atoms with van der Waals surface area (Å²) in [5.74, 6) is 0. The quantitative estimate of drug-likeness (QED) is 0.661. The number of pyridine rings is 1. The minimum Gasteiger partial charge on any atom is -0.376 e. The van der Waals surface area contributed by atoms with E-state index in [1.165, 1.54) is 6.20 Å². The summed E-state index contributed by atoms with van der Waals surface area (Å²) in [4.78, 5) is 14.4. The third-order valence-corrected chi connectivity index (χ3v) is 3.60. The number of nitro groups is 1. The maximum absolute atomic E-state index is 11.0. The number of rotatable bonds is 3. The van der Waals surface area contributed by atoms with Crippen LogP contribution >= 0.6 is 15.9 Å². The number of hydrogen-bond acceptors (Lipinski definition) is 5. The van der Waals surface area contributed by atoms with Crippen molar-refractivity contribution in [2.45, 2.75) is 25.3 Å². The molecule has 18 heavy (non-hydrogen) atoms. The second-order valence-electron chi connectivity index (χ2n) is 4.29. The predicted octanol–water partition coefficient (Wildman–Crippen LogP) is 2.31. The number of nitrogens with zero attached hydrogens (tertiary/aromatic N) is 2. The van der Waals surface area contributed by atoms with Gasteiger partial charge >= 0.3 is 5.69 Å². The van der Waals surface area contributed by atoms with E-state index in [4.69, 9.17) is 0 Å². The predicted molar refractivity (Wildman–Crippen MR) is 72.7 cm³/mol. The number of halogens is 1. The summed E-state index contributed by atoms with van der Waals surface area (Å²) in [6.45, 7) is 1.95. The Morgan fingerprint density at radius 1 is 1.44 bits per heavy atom. The van der Waals surface area contributed by atoms with Crippen molar-refractivity contribution < 1.29 is 4.92 Å². The molecular formula is C11H15BrN4O2. The van der Waals surface area contributed by atoms with Crippen molar-refractivity contribution in [2.75, 3.05) is 18.4 Å². The molecule has 6 nitrogen and oxygen atoms in total. The SMILES string of the molecule is O=[N+]([O-])c1cncc(Br)c1NC1CCCNCC1. The standard InChI is InChI=1S/C11H15BrN4O2/c12-9-6-14-7-10(16(17)18)11(9)15-8-2-1-4-13-5-3-8/h6-8,13H,1-5H2,(H,14,15). The van der Waals surface area contributed by atoms with Crippen LogP contribution in [0.15, 0.2) is 16.9 Å². The zero-order valence-corrected chi connectivity index (χ0v) is 11.4. The summed E-state index contributed by atoms with van der Waals surface area (Å²) in [6, 6.07) is 0.261. The van der Waals surface area contributed by atoms with Gasteiger partial charge in [0.2, 0.25) is 0 Å². The summed E-state index contributed by atoms with van der Waals surface area (Å²) in [5, 5.41) is 17.6. The van der Waals surface area contributed by atoms with Gasteiger partial charge in [0.1, 0.15) is 11.9 Å². The van der Waals surface area contributed by atoms with Crippen molar-refractivity contribution in [3.63, 3.8) is 0 Å². The average molecular weight is 315 g/mol. The van der Waals surface area contributed by atoms with Crippen molar-refractivity contribution in [2.24, 2.45) is 0 Å². The van der Waals surface area contributed by atoms with Crippen LogP contribution in [-0.2, 0) is 0 Å². The zero-order chi connectivity index (χ0) is 13.0. The molecule has 2 rings (SSSR count). The van der Waals surface area contributed by atoms with Crippen LogP contribution in [0.5, 0.6) is 0 Å². The lowest BCUT2D eigenvalue weighted by molar-refractivity contribution is -0.384. The molecule has 0 aliphatic carbocycles. The molecule has 0 saturated carbocycles. The van der Waals surface area contributed by atoms with E-state index in [0.29, 0.717) is 10.2 Å². The monoisotopic (exact) mass is 314 g/mol. The molecule has 0 aromatic carbocycles. The second kappa shape index (κ2) is 6.10. The lowest BCUT2D eigenvalue weighted by Crippen LogP contribution is -2.22. The Bertz CT molecular complexity index is 433. The average Bonchev–Trinajstić information content (AvgIpc) is 2.60. The summed E-state index contributed by atoms with van der Waals surface area (Å²) in [6.07, 6.45) is 5.91. The van der Waals surface area contributed by atoms with Gasteiger partial charge in [-0.15, -0.1) is 0 Å². The summed E-state index contributed by atoms with van der Waals surface area (Å²) < 4.78 is 0.633. The molecule has 7 heteroatoms. The van der Waals surface area contributed by atoms with E-state index in [1.807, 2.05) is 0 Å². The van der Waals surface area contributed by atoms with Gasteiger partial charge in [0.05, 0.1) is 9.40 Å². The molecule has 1 saturated heterocycles. The minimum atomic E-state index is -0.408. The van der Waals surface area contributed by atoms with Crippen LogP contribution in [0, 0.1) is 10.1 Å². The Hall–Kier alpha value is -1.21. The lowest BCUT2D eigenvalue weighted by Gasteiger charge is -2.18. The molecule has 0 bridgehead atoms. The number of hydrogen-bond donors (Lipinski definition) is 2. The van der Waals surface area contributed by atoms with Crippen molar-refractivity contribution in [3.8, 4) is 0 Å². The Morgan fingerprint density at radius 2 is 2.28 bits per heavy atom. The molecule has 1 aromatic heterocycles. The molecule has 2 heterocycles. The zero-order valence-electron chi connectivity index (χ0n) is 9.86. The van der Waals surface area contributed by atoms with Crippen LogP contribution in [0.3, 0.4) is 0 Å². The highest BCUT2D eigenvalue weighted by Gasteiger charge is 2.21. The van der Waals surface area contributed by atoms with E-state index in [-0.39, 0.29) is 11.7 Å². The first-order valence-electron chi connectivity index (χ1n) is 5.93. The fraction of sp³-hybridized carbons (Fsp3) is 0.545. The molecular weight excluding hydrogens is 300 g/mol. The van der Waals surface area contributed by atoms with Crippen molar-refractivity contribution in [3.05, 3.63) is 27.0 Å². The topological polar surface area (TPSA) is 80.1 Å². The molecule has 98 valence electrons. The van der Waals surface area contributed by atoms with Gasteiger partial charge in [-0.05, 0) is 48.3 Å². The molecule has 1 atom stereocenters. The van der Waals surface area contributed by atoms with E-state index in [2.05, 4.69) is 31.5 Å². The van der Waals surface area contributed by atoms with E-state index in [9.17, 15) is 10.1 Å². The fourth-order valence-corrected chi connectivity index (χ4v) is 2.51. The van der Waals surface area contributed by atoms with Gasteiger partial charge in [-0.3, -0.25) is 15.1 Å². The minimum absolute atomic E-state index is 0.0154. The highest BCUT2D eigenvalue weighted by Crippen LogP contribution is 2.32. The largest absolute Gasteiger partial charge is 0.376 e. The highest BCUT2D eigenvalue weighted by molar-refractivity contribution is 9.10. The smallest absolute Gasteiger partial charge is 0.311 e. The molecule has 0 radical (unpaired) electrons. The number of aromatic nitrogens is 1. The van der Waals surface area contributed by atoms with Crippen molar-refractivity contribution >= 4 is 27.3 Å². The molecule has 0 spiro atoms. The molecule has 1 unspecified atom stereocenters. The lowest BCUT2D eigenvalue weighted by atomic mass is 10.1. The first-order valence-corrected chi connectivity index (χ1v) is 6.73. The number of anilines is 1. The van der Waals surface area contributed by atoms with Crippen LogP contribution < -0.4 is 10.6 Å². The van der Waals surface area contributed by atoms with Crippen LogP contribution in [0.4, 0.5) is 11.4 Å². The third kappa shape index (κ3) is 3.17. The Morgan fingerprint density at radius 3 is 3.06 bits per heavy atom. The summed E-state index contributed by atoms with van der Waals surface area (Å²) in [7, 11) is 0. The number of nitrogens with one attached hydrogen (secondary N) is 2. The molecule has 1 aliphatic heterocycles. The van der Waals surface area contributed by atoms with Gasteiger partial charge in [-0.25, -0.2) is 0 Å². The van der Waals surface area contributed by atoms with Gasteiger partial charge in [0.15, 0.2) is 0 Å². The molecule has 1 aliphatic rings. The van der Waals surface area contributed by atoms with Crippen LogP contribution in [0.25, 0.3) is 0 Å². The maximum Gasteiger partial charge on any atom is 0.311 e. The summed E-state index contributed by atoms with van der Waals surface area (Å²) >= 11 is 3.32. The van der Waals surface area contributed by atoms with Gasteiger partial charge in [-0.2, -0.15) is 0 Å². The van der Waals surface area contributed by atoms with E-state index in [1.54, 1.807) is 6.20 Å². The van der Waals surface area contributed by atoms with Gasteiger partial charge in [0.25, 0.3) is 0 Å². The Balaban J connectivity index is 2.19. The van der Waals surface area contributed by atoms with Crippen molar-refractivity contribution in [1.29, 1.82) is 0 Å². The normalized spacial score (nSPS) is 20.2. The first-order chi connectivity index (χ1) is 8.68. The van der Waals surface area contributed by atoms with Crippen LogP contribution in [0.1, 0.15) is 19.3 Å². The third-order valence-electron chi connectivity index (χ3n) is 3.00. The molecule has 1 fully saturated rings. The fourth-order valence-electron chi connectivity index (χ4n) is 2.07. The summed E-state index contributed by atoms with van der Waals surface area (Å²) in [5.41, 5.74) is 0.545. The molecule has 2 N–H and O–H groups in total. The van der Waals surface area contributed by atoms with E-state index in [0.717, 1.165) is 32.4 Å². The van der Waals surface area contributed by atoms with Gasteiger partial charge < -0.3 is 10.6 Å².